The first-order valence-corrected chi connectivity index (χ1v) is 8.57. The van der Waals surface area contributed by atoms with Crippen LogP contribution in [0.1, 0.15) is 16.8 Å². The molecule has 1 fully saturated rings. The number of rotatable bonds is 4. The molecule has 0 spiro atoms. The van der Waals surface area contributed by atoms with Crippen LogP contribution in [0.3, 0.4) is 0 Å². The molecule has 1 aliphatic heterocycles. The van der Waals surface area contributed by atoms with E-state index in [1.54, 1.807) is 24.3 Å². The normalized spacial score (nSPS) is 16.5. The van der Waals surface area contributed by atoms with Gasteiger partial charge in [-0.1, -0.05) is 6.07 Å². The molecule has 8 nitrogen and oxygen atoms in total. The second-order valence-electron chi connectivity index (χ2n) is 6.55. The van der Waals surface area contributed by atoms with Crippen LogP contribution in [-0.2, 0) is 9.59 Å². The third-order valence-corrected chi connectivity index (χ3v) is 4.71. The average Bonchev–Trinajstić information content (AvgIpc) is 3.26. The molecule has 1 saturated heterocycles. The van der Waals surface area contributed by atoms with Crippen molar-refractivity contribution in [3.8, 4) is 0 Å². The fourth-order valence-electron chi connectivity index (χ4n) is 3.26. The van der Waals surface area contributed by atoms with Gasteiger partial charge in [0.1, 0.15) is 5.82 Å². The Morgan fingerprint density at radius 2 is 1.96 bits per heavy atom. The summed E-state index contributed by atoms with van der Waals surface area (Å²) in [6.07, 6.45) is -0.00594. The van der Waals surface area contributed by atoms with E-state index >= 15 is 0 Å². The minimum absolute atomic E-state index is 0.00594. The molecule has 0 aliphatic carbocycles. The molecule has 4 rings (SSSR count). The zero-order valence-electron chi connectivity index (χ0n) is 14.6. The first-order chi connectivity index (χ1) is 13.4. The number of nitrogens with two attached hydrogens (primary N) is 1. The van der Waals surface area contributed by atoms with Gasteiger partial charge in [0.2, 0.25) is 17.7 Å². The highest BCUT2D eigenvalue weighted by atomic mass is 19.1. The maximum atomic E-state index is 14.2. The lowest BCUT2D eigenvalue weighted by atomic mass is 10.1. The first-order valence-electron chi connectivity index (χ1n) is 8.57. The van der Waals surface area contributed by atoms with Gasteiger partial charge in [-0.3, -0.25) is 24.4 Å². The van der Waals surface area contributed by atoms with Crippen LogP contribution < -0.4 is 16.0 Å². The molecule has 1 aromatic heterocycles. The summed E-state index contributed by atoms with van der Waals surface area (Å²) in [6.45, 7) is 0.0956. The molecule has 142 valence electrons. The van der Waals surface area contributed by atoms with E-state index in [0.29, 0.717) is 16.8 Å². The Labute approximate surface area is 158 Å². The van der Waals surface area contributed by atoms with Gasteiger partial charge in [-0.2, -0.15) is 5.10 Å². The van der Waals surface area contributed by atoms with Crippen molar-refractivity contribution in [2.45, 2.75) is 6.42 Å². The third-order valence-electron chi connectivity index (χ3n) is 4.71. The number of H-pyrrole nitrogens is 1. The molecule has 0 bridgehead atoms. The monoisotopic (exact) mass is 381 g/mol. The van der Waals surface area contributed by atoms with E-state index in [4.69, 9.17) is 5.73 Å². The lowest BCUT2D eigenvalue weighted by Crippen LogP contribution is -2.28. The number of anilines is 2. The lowest BCUT2D eigenvalue weighted by Gasteiger charge is -2.14. The fraction of sp³-hybridized carbons (Fsp3) is 0.158. The van der Waals surface area contributed by atoms with Crippen molar-refractivity contribution < 1.29 is 18.8 Å². The van der Waals surface area contributed by atoms with Crippen LogP contribution in [0.15, 0.2) is 42.5 Å². The number of hydrogen-bond donors (Lipinski definition) is 3. The molecule has 2 heterocycles. The summed E-state index contributed by atoms with van der Waals surface area (Å²) in [7, 11) is 0. The first kappa shape index (κ1) is 17.7. The van der Waals surface area contributed by atoms with Crippen LogP contribution in [0.5, 0.6) is 0 Å². The van der Waals surface area contributed by atoms with E-state index in [-0.39, 0.29) is 36.0 Å². The van der Waals surface area contributed by atoms with Gasteiger partial charge in [-0.25, -0.2) is 4.39 Å². The summed E-state index contributed by atoms with van der Waals surface area (Å²) in [5.41, 5.74) is 6.47. The van der Waals surface area contributed by atoms with Crippen molar-refractivity contribution in [3.63, 3.8) is 0 Å². The lowest BCUT2D eigenvalue weighted by molar-refractivity contribution is -0.122. The summed E-state index contributed by atoms with van der Waals surface area (Å²) in [5, 5.41) is 9.69. The molecule has 9 heteroatoms. The Balaban J connectivity index is 1.51. The molecule has 0 unspecified atom stereocenters. The van der Waals surface area contributed by atoms with Crippen LogP contribution in [0.2, 0.25) is 0 Å². The van der Waals surface area contributed by atoms with Crippen LogP contribution >= 0.6 is 0 Å². The number of hydrogen-bond acceptors (Lipinski definition) is 4. The van der Waals surface area contributed by atoms with E-state index in [1.165, 1.54) is 23.1 Å². The zero-order chi connectivity index (χ0) is 19.8. The largest absolute Gasteiger partial charge is 0.366 e. The number of nitrogens with zero attached hydrogens (tertiary/aromatic N) is 2. The standard InChI is InChI=1S/C19H16FN5O3/c20-13-2-1-3-14-16(13)18(24-23-14)25-9-11(8-15(25)26)19(28)22-12-6-4-10(5-7-12)17(21)27/h1-7,11H,8-9H2,(H2,21,27)(H,22,28)(H,23,24)/t11-/m0/s1. The molecule has 0 radical (unpaired) electrons. The van der Waals surface area contributed by atoms with Crippen LogP contribution in [-0.4, -0.2) is 34.5 Å². The van der Waals surface area contributed by atoms with Gasteiger partial charge in [0.25, 0.3) is 0 Å². The molecule has 1 atom stereocenters. The van der Waals surface area contributed by atoms with E-state index in [0.717, 1.165) is 0 Å². The molecular weight excluding hydrogens is 365 g/mol. The number of amides is 3. The second kappa shape index (κ2) is 6.76. The maximum absolute atomic E-state index is 14.2. The van der Waals surface area contributed by atoms with Gasteiger partial charge in [-0.05, 0) is 36.4 Å². The van der Waals surface area contributed by atoms with Crippen LogP contribution in [0.4, 0.5) is 15.9 Å². The highest BCUT2D eigenvalue weighted by molar-refractivity contribution is 6.07. The second-order valence-corrected chi connectivity index (χ2v) is 6.55. The molecule has 28 heavy (non-hydrogen) atoms. The number of carbonyl (C=O) groups is 3. The van der Waals surface area contributed by atoms with Gasteiger partial charge < -0.3 is 11.1 Å². The molecule has 3 amide bonds. The zero-order valence-corrected chi connectivity index (χ0v) is 14.6. The number of aromatic amines is 1. The molecule has 0 saturated carbocycles. The summed E-state index contributed by atoms with van der Waals surface area (Å²) in [5.74, 6) is -2.13. The van der Waals surface area contributed by atoms with Gasteiger partial charge in [-0.15, -0.1) is 0 Å². The van der Waals surface area contributed by atoms with Gasteiger partial charge in [0.05, 0.1) is 16.8 Å². The van der Waals surface area contributed by atoms with E-state index in [9.17, 15) is 18.8 Å². The van der Waals surface area contributed by atoms with E-state index < -0.39 is 17.6 Å². The van der Waals surface area contributed by atoms with Gasteiger partial charge in [0.15, 0.2) is 5.82 Å². The Hall–Kier alpha value is -3.75. The topological polar surface area (TPSA) is 121 Å². The summed E-state index contributed by atoms with van der Waals surface area (Å²) >= 11 is 0. The molecular formula is C19H16FN5O3. The number of fused-ring (bicyclic) bond motifs is 1. The Kier molecular flexibility index (Phi) is 4.26. The van der Waals surface area contributed by atoms with Crippen molar-refractivity contribution in [1.82, 2.24) is 10.2 Å². The number of carbonyl (C=O) groups excluding carboxylic acids is 3. The fourth-order valence-corrected chi connectivity index (χ4v) is 3.26. The van der Waals surface area contributed by atoms with Crippen molar-refractivity contribution >= 4 is 40.1 Å². The Morgan fingerprint density at radius 1 is 1.21 bits per heavy atom. The van der Waals surface area contributed by atoms with Gasteiger partial charge >= 0.3 is 0 Å². The predicted molar refractivity (Wildman–Crippen MR) is 100 cm³/mol. The van der Waals surface area contributed by atoms with Crippen molar-refractivity contribution in [1.29, 1.82) is 0 Å². The highest BCUT2D eigenvalue weighted by Crippen LogP contribution is 2.31. The predicted octanol–water partition coefficient (Wildman–Crippen LogP) is 1.79. The van der Waals surface area contributed by atoms with Gasteiger partial charge in [0, 0.05) is 24.2 Å². The molecule has 2 aromatic carbocycles. The number of primary amides is 1. The SMILES string of the molecule is NC(=O)c1ccc(NC(=O)[C@H]2CC(=O)N(c3n[nH]c4cccc(F)c34)C2)cc1. The van der Waals surface area contributed by atoms with Crippen LogP contribution in [0.25, 0.3) is 10.9 Å². The average molecular weight is 381 g/mol. The van der Waals surface area contributed by atoms with Crippen LogP contribution in [0, 0.1) is 11.7 Å². The van der Waals surface area contributed by atoms with E-state index in [2.05, 4.69) is 15.5 Å². The maximum Gasteiger partial charge on any atom is 0.248 e. The highest BCUT2D eigenvalue weighted by Gasteiger charge is 2.37. The Morgan fingerprint density at radius 3 is 2.68 bits per heavy atom. The molecule has 3 aromatic rings. The minimum Gasteiger partial charge on any atom is -0.366 e. The van der Waals surface area contributed by atoms with Crippen molar-refractivity contribution in [3.05, 3.63) is 53.8 Å². The molecule has 4 N–H and O–H groups in total. The third kappa shape index (κ3) is 3.07. The quantitative estimate of drug-likeness (QED) is 0.638. The number of benzene rings is 2. The number of aromatic nitrogens is 2. The summed E-state index contributed by atoms with van der Waals surface area (Å²) < 4.78 is 14.2. The number of nitrogens with one attached hydrogen (secondary N) is 2. The summed E-state index contributed by atoms with van der Waals surface area (Å²) in [6, 6.07) is 10.6. The number of halogens is 1. The van der Waals surface area contributed by atoms with Crippen molar-refractivity contribution in [2.24, 2.45) is 11.7 Å². The molecule has 1 aliphatic rings. The Bertz CT molecular complexity index is 1090. The smallest absolute Gasteiger partial charge is 0.248 e. The minimum atomic E-state index is -0.609. The summed E-state index contributed by atoms with van der Waals surface area (Å²) in [4.78, 5) is 37.4. The van der Waals surface area contributed by atoms with Crippen molar-refractivity contribution in [2.75, 3.05) is 16.8 Å². The van der Waals surface area contributed by atoms with E-state index in [1.807, 2.05) is 0 Å².